The third-order valence-corrected chi connectivity index (χ3v) is 4.27. The molecule has 2 aromatic rings. The Morgan fingerprint density at radius 2 is 1.95 bits per heavy atom. The quantitative estimate of drug-likeness (QED) is 0.865. The molecule has 1 aliphatic rings. The van der Waals surface area contributed by atoms with Crippen molar-refractivity contribution in [3.63, 3.8) is 0 Å². The summed E-state index contributed by atoms with van der Waals surface area (Å²) >= 11 is 0. The monoisotopic (exact) mass is 297 g/mol. The minimum Gasteiger partial charge on any atom is -0.494 e. The number of benzene rings is 1. The zero-order valence-corrected chi connectivity index (χ0v) is 13.3. The normalized spacial score (nSPS) is 15.8. The van der Waals surface area contributed by atoms with E-state index in [1.165, 1.54) is 5.56 Å². The van der Waals surface area contributed by atoms with Gasteiger partial charge in [-0.3, -0.25) is 0 Å². The highest BCUT2D eigenvalue weighted by Gasteiger charge is 2.23. The Labute approximate surface area is 132 Å². The maximum absolute atomic E-state index is 5.78. The lowest BCUT2D eigenvalue weighted by molar-refractivity contribution is 0.331. The summed E-state index contributed by atoms with van der Waals surface area (Å²) in [4.78, 5) is 10.9. The van der Waals surface area contributed by atoms with Crippen LogP contribution >= 0.6 is 0 Å². The summed E-state index contributed by atoms with van der Waals surface area (Å²) < 4.78 is 5.78. The van der Waals surface area contributed by atoms with Crippen molar-refractivity contribution in [2.75, 3.05) is 24.6 Å². The van der Waals surface area contributed by atoms with Gasteiger partial charge < -0.3 is 9.64 Å². The largest absolute Gasteiger partial charge is 0.494 e. The predicted molar refractivity (Wildman–Crippen MR) is 88.6 cm³/mol. The molecule has 0 bridgehead atoms. The predicted octanol–water partition coefficient (Wildman–Crippen LogP) is 3.57. The molecule has 4 heteroatoms. The summed E-state index contributed by atoms with van der Waals surface area (Å²) in [6, 6.07) is 10.5. The first kappa shape index (κ1) is 14.8. The molecule has 4 nitrogen and oxygen atoms in total. The van der Waals surface area contributed by atoms with Crippen molar-refractivity contribution in [2.24, 2.45) is 0 Å². The number of nitrogens with zero attached hydrogens (tertiary/aromatic N) is 3. The molecule has 1 aromatic carbocycles. The van der Waals surface area contributed by atoms with Gasteiger partial charge in [0.25, 0.3) is 0 Å². The third-order valence-electron chi connectivity index (χ3n) is 4.27. The van der Waals surface area contributed by atoms with Gasteiger partial charge in [-0.25, -0.2) is 9.97 Å². The van der Waals surface area contributed by atoms with E-state index >= 15 is 0 Å². The highest BCUT2D eigenvalue weighted by Crippen LogP contribution is 2.35. The number of rotatable bonds is 4. The second-order valence-corrected chi connectivity index (χ2v) is 5.75. The number of piperidine rings is 1. The van der Waals surface area contributed by atoms with Crippen LogP contribution in [0.25, 0.3) is 0 Å². The van der Waals surface area contributed by atoms with Crippen LogP contribution in [0.2, 0.25) is 0 Å². The smallest absolute Gasteiger partial charge is 0.132 e. The minimum atomic E-state index is 0.571. The van der Waals surface area contributed by atoms with Crippen LogP contribution in [0.4, 0.5) is 5.82 Å². The average molecular weight is 297 g/mol. The van der Waals surface area contributed by atoms with E-state index in [0.717, 1.165) is 49.8 Å². The van der Waals surface area contributed by atoms with Crippen LogP contribution < -0.4 is 9.64 Å². The summed E-state index contributed by atoms with van der Waals surface area (Å²) in [5.74, 6) is 2.66. The lowest BCUT2D eigenvalue weighted by Crippen LogP contribution is -2.33. The van der Waals surface area contributed by atoms with Crippen LogP contribution in [0, 0.1) is 6.92 Å². The Balaban J connectivity index is 1.69. The fourth-order valence-electron chi connectivity index (χ4n) is 3.14. The van der Waals surface area contributed by atoms with E-state index in [9.17, 15) is 0 Å². The van der Waals surface area contributed by atoms with E-state index in [1.54, 1.807) is 6.33 Å². The number of aryl methyl sites for hydroxylation is 1. The molecule has 0 atom stereocenters. The number of ether oxygens (including phenoxy) is 1. The van der Waals surface area contributed by atoms with Crippen LogP contribution in [0.5, 0.6) is 5.75 Å². The van der Waals surface area contributed by atoms with Gasteiger partial charge in [0, 0.05) is 24.8 Å². The van der Waals surface area contributed by atoms with Gasteiger partial charge in [-0.2, -0.15) is 0 Å². The molecule has 116 valence electrons. The highest BCUT2D eigenvalue weighted by molar-refractivity contribution is 5.41. The molecular weight excluding hydrogens is 274 g/mol. The highest BCUT2D eigenvalue weighted by atomic mass is 16.5. The maximum Gasteiger partial charge on any atom is 0.132 e. The third kappa shape index (κ3) is 3.21. The molecule has 1 aliphatic heterocycles. The molecule has 0 amide bonds. The molecule has 0 radical (unpaired) electrons. The molecule has 0 N–H and O–H groups in total. The summed E-state index contributed by atoms with van der Waals surface area (Å²) in [6.07, 6.45) is 3.92. The topological polar surface area (TPSA) is 38.2 Å². The maximum atomic E-state index is 5.78. The van der Waals surface area contributed by atoms with E-state index < -0.39 is 0 Å². The van der Waals surface area contributed by atoms with Crippen molar-refractivity contribution < 1.29 is 4.74 Å². The van der Waals surface area contributed by atoms with Gasteiger partial charge in [0.05, 0.1) is 6.61 Å². The molecule has 22 heavy (non-hydrogen) atoms. The summed E-state index contributed by atoms with van der Waals surface area (Å²) in [6.45, 7) is 6.83. The zero-order valence-electron chi connectivity index (χ0n) is 13.3. The van der Waals surface area contributed by atoms with E-state index in [0.29, 0.717) is 5.92 Å². The fraction of sp³-hybridized carbons (Fsp3) is 0.444. The lowest BCUT2D eigenvalue weighted by atomic mass is 9.89. The fourth-order valence-corrected chi connectivity index (χ4v) is 3.14. The average Bonchev–Trinajstić information content (AvgIpc) is 2.56. The SMILES string of the molecule is CCOc1ccccc1C1CCN(c2cc(C)ncn2)CC1. The number of para-hydroxylation sites is 1. The molecule has 0 unspecified atom stereocenters. The number of hydrogen-bond acceptors (Lipinski definition) is 4. The van der Waals surface area contributed by atoms with Crippen molar-refractivity contribution in [1.82, 2.24) is 9.97 Å². The second-order valence-electron chi connectivity index (χ2n) is 5.75. The Bertz CT molecular complexity index is 621. The molecule has 1 saturated heterocycles. The zero-order chi connectivity index (χ0) is 15.4. The van der Waals surface area contributed by atoms with Crippen LogP contribution in [0.1, 0.15) is 36.9 Å². The molecule has 1 aromatic heterocycles. The minimum absolute atomic E-state index is 0.571. The van der Waals surface area contributed by atoms with Crippen molar-refractivity contribution in [3.05, 3.63) is 47.9 Å². The number of anilines is 1. The van der Waals surface area contributed by atoms with Crippen LogP contribution in [-0.4, -0.2) is 29.7 Å². The van der Waals surface area contributed by atoms with Crippen molar-refractivity contribution in [1.29, 1.82) is 0 Å². The van der Waals surface area contributed by atoms with E-state index in [2.05, 4.69) is 39.1 Å². The molecule has 2 heterocycles. The number of hydrogen-bond donors (Lipinski definition) is 0. The standard InChI is InChI=1S/C18H23N3O/c1-3-22-17-7-5-4-6-16(17)15-8-10-21(11-9-15)18-12-14(2)19-13-20-18/h4-7,12-13,15H,3,8-11H2,1-2H3. The first-order valence-corrected chi connectivity index (χ1v) is 8.03. The summed E-state index contributed by atoms with van der Waals surface area (Å²) in [7, 11) is 0. The lowest BCUT2D eigenvalue weighted by Gasteiger charge is -2.33. The Kier molecular flexibility index (Phi) is 4.56. The van der Waals surface area contributed by atoms with Crippen LogP contribution in [0.15, 0.2) is 36.7 Å². The molecule has 0 saturated carbocycles. The first-order chi connectivity index (χ1) is 10.8. The van der Waals surface area contributed by atoms with E-state index in [-0.39, 0.29) is 0 Å². The van der Waals surface area contributed by atoms with Gasteiger partial charge in [-0.05, 0) is 44.2 Å². The molecule has 0 spiro atoms. The number of aromatic nitrogens is 2. The van der Waals surface area contributed by atoms with Gasteiger partial charge in [-0.1, -0.05) is 18.2 Å². The molecule has 0 aliphatic carbocycles. The van der Waals surface area contributed by atoms with E-state index in [1.807, 2.05) is 19.9 Å². The van der Waals surface area contributed by atoms with E-state index in [4.69, 9.17) is 4.74 Å². The van der Waals surface area contributed by atoms with Crippen molar-refractivity contribution >= 4 is 5.82 Å². The molecule has 3 rings (SSSR count). The van der Waals surface area contributed by atoms with Gasteiger partial charge in [-0.15, -0.1) is 0 Å². The van der Waals surface area contributed by atoms with Gasteiger partial charge in [0.15, 0.2) is 0 Å². The Morgan fingerprint density at radius 1 is 1.18 bits per heavy atom. The van der Waals surface area contributed by atoms with Crippen molar-refractivity contribution in [3.8, 4) is 5.75 Å². The molecule has 1 fully saturated rings. The van der Waals surface area contributed by atoms with Crippen LogP contribution in [-0.2, 0) is 0 Å². The van der Waals surface area contributed by atoms with Crippen LogP contribution in [0.3, 0.4) is 0 Å². The first-order valence-electron chi connectivity index (χ1n) is 8.03. The summed E-state index contributed by atoms with van der Waals surface area (Å²) in [5.41, 5.74) is 2.37. The van der Waals surface area contributed by atoms with Gasteiger partial charge >= 0.3 is 0 Å². The van der Waals surface area contributed by atoms with Gasteiger partial charge in [0.2, 0.25) is 0 Å². The second kappa shape index (κ2) is 6.77. The Hall–Kier alpha value is -2.10. The van der Waals surface area contributed by atoms with Gasteiger partial charge in [0.1, 0.15) is 17.9 Å². The summed E-state index contributed by atoms with van der Waals surface area (Å²) in [5, 5.41) is 0. The Morgan fingerprint density at radius 3 is 2.68 bits per heavy atom. The van der Waals surface area contributed by atoms with Crippen molar-refractivity contribution in [2.45, 2.75) is 32.6 Å². The molecular formula is C18H23N3O.